The molecule has 148 valence electrons. The normalized spacial score (nSPS) is 17.5. The fourth-order valence-corrected chi connectivity index (χ4v) is 4.26. The summed E-state index contributed by atoms with van der Waals surface area (Å²) in [6, 6.07) is 7.08. The minimum Gasteiger partial charge on any atom is -0.340 e. The highest BCUT2D eigenvalue weighted by Gasteiger charge is 2.31. The number of amides is 1. The van der Waals surface area contributed by atoms with Gasteiger partial charge in [-0.1, -0.05) is 39.8 Å². The summed E-state index contributed by atoms with van der Waals surface area (Å²) in [5.41, 5.74) is 6.62. The van der Waals surface area contributed by atoms with Crippen molar-refractivity contribution in [3.8, 4) is 0 Å². The number of nitrogens with zero attached hydrogens (tertiary/aromatic N) is 2. The summed E-state index contributed by atoms with van der Waals surface area (Å²) in [4.78, 5) is 14.2. The quantitative estimate of drug-likeness (QED) is 0.831. The molecule has 1 saturated heterocycles. The maximum atomic E-state index is 12.8. The van der Waals surface area contributed by atoms with Crippen molar-refractivity contribution in [2.75, 3.05) is 32.7 Å². The molecule has 0 saturated carbocycles. The van der Waals surface area contributed by atoms with E-state index in [0.717, 1.165) is 5.56 Å². The zero-order valence-corrected chi connectivity index (χ0v) is 17.6. The number of piperazine rings is 1. The predicted molar refractivity (Wildman–Crippen MR) is 106 cm³/mol. The summed E-state index contributed by atoms with van der Waals surface area (Å²) >= 11 is 0. The molecule has 1 fully saturated rings. The number of carbonyl (C=O) groups is 1. The minimum absolute atomic E-state index is 0. The Morgan fingerprint density at radius 1 is 1.12 bits per heavy atom. The molecule has 0 bridgehead atoms. The van der Waals surface area contributed by atoms with Gasteiger partial charge in [-0.05, 0) is 23.1 Å². The molecule has 26 heavy (non-hydrogen) atoms. The van der Waals surface area contributed by atoms with Crippen LogP contribution in [0.3, 0.4) is 0 Å². The lowest BCUT2D eigenvalue weighted by Crippen LogP contribution is -2.52. The van der Waals surface area contributed by atoms with E-state index in [-0.39, 0.29) is 29.6 Å². The maximum Gasteiger partial charge on any atom is 0.243 e. The van der Waals surface area contributed by atoms with Crippen molar-refractivity contribution >= 4 is 28.3 Å². The number of benzene rings is 1. The third-order valence-electron chi connectivity index (χ3n) is 4.68. The second kappa shape index (κ2) is 8.69. The van der Waals surface area contributed by atoms with Crippen molar-refractivity contribution < 1.29 is 13.2 Å². The molecule has 0 aromatic heterocycles. The number of carbonyl (C=O) groups excluding carboxylic acids is 1. The highest BCUT2D eigenvalue weighted by Crippen LogP contribution is 2.25. The molecule has 0 radical (unpaired) electrons. The summed E-state index contributed by atoms with van der Waals surface area (Å²) in [5, 5.41) is 0. The molecule has 0 aliphatic carbocycles. The number of sulfonamides is 1. The number of hydrogen-bond acceptors (Lipinski definition) is 4. The second-order valence-corrected chi connectivity index (χ2v) is 9.58. The van der Waals surface area contributed by atoms with E-state index in [1.54, 1.807) is 24.0 Å². The van der Waals surface area contributed by atoms with Crippen LogP contribution in [-0.4, -0.2) is 56.3 Å². The topological polar surface area (TPSA) is 83.7 Å². The van der Waals surface area contributed by atoms with Gasteiger partial charge < -0.3 is 10.6 Å². The standard InChI is InChI=1S/C18H29N3O3S.ClH/c1-14(13-19)17(22)20-9-11-21(12-10-20)25(23,24)16-7-5-15(6-8-16)18(2,3)4;/h5-8,14H,9-13,19H2,1-4H3;1H. The molecule has 1 atom stereocenters. The largest absolute Gasteiger partial charge is 0.340 e. The summed E-state index contributed by atoms with van der Waals surface area (Å²) in [6.45, 7) is 9.81. The Morgan fingerprint density at radius 3 is 2.04 bits per heavy atom. The van der Waals surface area contributed by atoms with Gasteiger partial charge in [-0.15, -0.1) is 12.4 Å². The second-order valence-electron chi connectivity index (χ2n) is 7.64. The molecule has 2 rings (SSSR count). The van der Waals surface area contributed by atoms with Crippen molar-refractivity contribution in [1.82, 2.24) is 9.21 Å². The van der Waals surface area contributed by atoms with Gasteiger partial charge in [-0.3, -0.25) is 4.79 Å². The van der Waals surface area contributed by atoms with Gasteiger partial charge >= 0.3 is 0 Å². The van der Waals surface area contributed by atoms with Crippen molar-refractivity contribution in [1.29, 1.82) is 0 Å². The third kappa shape index (κ3) is 4.97. The van der Waals surface area contributed by atoms with Crippen LogP contribution in [0.4, 0.5) is 0 Å². The Kier molecular flexibility index (Phi) is 7.65. The van der Waals surface area contributed by atoms with Crippen molar-refractivity contribution in [2.24, 2.45) is 11.7 Å². The smallest absolute Gasteiger partial charge is 0.243 e. The fourth-order valence-electron chi connectivity index (χ4n) is 2.84. The Hall–Kier alpha value is -1.15. The molecule has 8 heteroatoms. The monoisotopic (exact) mass is 403 g/mol. The average molecular weight is 404 g/mol. The zero-order valence-electron chi connectivity index (χ0n) is 15.9. The number of nitrogens with two attached hydrogens (primary N) is 1. The third-order valence-corrected chi connectivity index (χ3v) is 6.60. The van der Waals surface area contributed by atoms with E-state index in [1.807, 2.05) is 12.1 Å². The van der Waals surface area contributed by atoms with E-state index in [0.29, 0.717) is 37.6 Å². The first-order chi connectivity index (χ1) is 11.6. The van der Waals surface area contributed by atoms with Crippen LogP contribution in [0.1, 0.15) is 33.3 Å². The summed E-state index contributed by atoms with van der Waals surface area (Å²) in [6.07, 6.45) is 0. The van der Waals surface area contributed by atoms with Gasteiger partial charge in [0.15, 0.2) is 0 Å². The van der Waals surface area contributed by atoms with Crippen molar-refractivity contribution in [3.05, 3.63) is 29.8 Å². The molecule has 6 nitrogen and oxygen atoms in total. The van der Waals surface area contributed by atoms with Crippen LogP contribution in [-0.2, 0) is 20.2 Å². The number of halogens is 1. The van der Waals surface area contributed by atoms with Crippen LogP contribution < -0.4 is 5.73 Å². The molecule has 1 amide bonds. The lowest BCUT2D eigenvalue weighted by molar-refractivity contribution is -0.135. The molecule has 1 aromatic rings. The molecule has 1 aromatic carbocycles. The summed E-state index contributed by atoms with van der Waals surface area (Å²) in [7, 11) is -3.53. The van der Waals surface area contributed by atoms with E-state index >= 15 is 0 Å². The first-order valence-corrected chi connectivity index (χ1v) is 10.1. The van der Waals surface area contributed by atoms with Gasteiger partial charge in [0.25, 0.3) is 0 Å². The maximum absolute atomic E-state index is 12.8. The highest BCUT2D eigenvalue weighted by molar-refractivity contribution is 7.89. The van der Waals surface area contributed by atoms with Crippen molar-refractivity contribution in [3.63, 3.8) is 0 Å². The van der Waals surface area contributed by atoms with Gasteiger partial charge in [0, 0.05) is 38.6 Å². The number of hydrogen-bond donors (Lipinski definition) is 1. The van der Waals surface area contributed by atoms with Crippen LogP contribution in [0.5, 0.6) is 0 Å². The lowest BCUT2D eigenvalue weighted by Gasteiger charge is -2.35. The minimum atomic E-state index is -3.53. The molecule has 1 heterocycles. The Bertz CT molecular complexity index is 706. The van der Waals surface area contributed by atoms with E-state index in [9.17, 15) is 13.2 Å². The zero-order chi connectivity index (χ0) is 18.8. The predicted octanol–water partition coefficient (Wildman–Crippen LogP) is 1.83. The molecule has 0 spiro atoms. The van der Waals surface area contributed by atoms with Crippen LogP contribution in [0.25, 0.3) is 0 Å². The van der Waals surface area contributed by atoms with Crippen molar-refractivity contribution in [2.45, 2.75) is 38.0 Å². The van der Waals surface area contributed by atoms with Crippen LogP contribution in [0, 0.1) is 5.92 Å². The van der Waals surface area contributed by atoms with Gasteiger partial charge in [-0.2, -0.15) is 4.31 Å². The summed E-state index contributed by atoms with van der Waals surface area (Å²) in [5.74, 6) is -0.234. The fraction of sp³-hybridized carbons (Fsp3) is 0.611. The summed E-state index contributed by atoms with van der Waals surface area (Å²) < 4.78 is 27.1. The van der Waals surface area contributed by atoms with E-state index in [4.69, 9.17) is 5.73 Å². The Labute approximate surface area is 163 Å². The van der Waals surface area contributed by atoms with E-state index in [1.165, 1.54) is 4.31 Å². The number of rotatable bonds is 4. The highest BCUT2D eigenvalue weighted by atomic mass is 35.5. The van der Waals surface area contributed by atoms with Gasteiger partial charge in [0.2, 0.25) is 15.9 Å². The van der Waals surface area contributed by atoms with Gasteiger partial charge in [0.05, 0.1) is 4.90 Å². The van der Waals surface area contributed by atoms with E-state index in [2.05, 4.69) is 20.8 Å². The first-order valence-electron chi connectivity index (χ1n) is 8.67. The van der Waals surface area contributed by atoms with Crippen LogP contribution >= 0.6 is 12.4 Å². The van der Waals surface area contributed by atoms with Gasteiger partial charge in [0.1, 0.15) is 0 Å². The lowest BCUT2D eigenvalue weighted by atomic mass is 9.87. The van der Waals surface area contributed by atoms with E-state index < -0.39 is 10.0 Å². The van der Waals surface area contributed by atoms with Crippen LogP contribution in [0.2, 0.25) is 0 Å². The molecular weight excluding hydrogens is 374 g/mol. The van der Waals surface area contributed by atoms with Gasteiger partial charge in [-0.25, -0.2) is 8.42 Å². The Balaban J connectivity index is 0.00000338. The average Bonchev–Trinajstić information content (AvgIpc) is 2.60. The SMILES string of the molecule is CC(CN)C(=O)N1CCN(S(=O)(=O)c2ccc(C(C)(C)C)cc2)CC1.Cl. The molecule has 1 unspecified atom stereocenters. The molecule has 1 aliphatic rings. The van der Waals surface area contributed by atoms with Crippen LogP contribution in [0.15, 0.2) is 29.2 Å². The molecule has 2 N–H and O–H groups in total. The Morgan fingerprint density at radius 2 is 1.62 bits per heavy atom. The first kappa shape index (κ1) is 22.9. The molecular formula is C18H30ClN3O3S. The molecule has 1 aliphatic heterocycles.